The second kappa shape index (κ2) is 10.9. The molecule has 0 spiro atoms. The van der Waals surface area contributed by atoms with Crippen LogP contribution in [0.1, 0.15) is 17.5 Å². The molecule has 3 aromatic carbocycles. The van der Waals surface area contributed by atoms with Crippen LogP contribution >= 0.6 is 0 Å². The normalized spacial score (nSPS) is 17.2. The molecule has 1 fully saturated rings. The van der Waals surface area contributed by atoms with E-state index in [-0.39, 0.29) is 12.5 Å². The number of para-hydroxylation sites is 1. The lowest BCUT2D eigenvalue weighted by atomic mass is 9.99. The third kappa shape index (κ3) is 5.66. The Morgan fingerprint density at radius 3 is 2.29 bits per heavy atom. The number of piperazine rings is 1. The van der Waals surface area contributed by atoms with Gasteiger partial charge in [0.2, 0.25) is 5.91 Å². The van der Waals surface area contributed by atoms with Gasteiger partial charge in [0.1, 0.15) is 18.5 Å². The van der Waals surface area contributed by atoms with Crippen molar-refractivity contribution in [1.29, 1.82) is 0 Å². The summed E-state index contributed by atoms with van der Waals surface area (Å²) in [4.78, 5) is 19.2. The number of anilines is 2. The van der Waals surface area contributed by atoms with Crippen LogP contribution < -0.4 is 14.5 Å². The molecule has 1 unspecified atom stereocenters. The molecule has 2 aliphatic rings. The van der Waals surface area contributed by atoms with E-state index in [0.717, 1.165) is 48.7 Å². The smallest absolute Gasteiger partial charge is 0.227 e. The van der Waals surface area contributed by atoms with Crippen molar-refractivity contribution in [2.75, 3.05) is 49.1 Å². The lowest BCUT2D eigenvalue weighted by Crippen LogP contribution is -2.49. The summed E-state index contributed by atoms with van der Waals surface area (Å²) in [7, 11) is 0. The zero-order valence-electron chi connectivity index (χ0n) is 20.1. The van der Waals surface area contributed by atoms with Gasteiger partial charge in [0, 0.05) is 50.4 Å². The SMILES string of the molecule is O=C1CCc2c(OCC(O)CN3CCN(c4ccccc4)CC3)cccc2N1Cc1ccccc1. The van der Waals surface area contributed by atoms with Gasteiger partial charge < -0.3 is 19.6 Å². The number of nitrogens with zero attached hydrogens (tertiary/aromatic N) is 3. The first-order chi connectivity index (χ1) is 17.2. The molecular formula is C29H33N3O3. The summed E-state index contributed by atoms with van der Waals surface area (Å²) in [5.41, 5.74) is 4.31. The van der Waals surface area contributed by atoms with E-state index >= 15 is 0 Å². The Labute approximate surface area is 207 Å². The molecule has 0 aliphatic carbocycles. The average molecular weight is 472 g/mol. The van der Waals surface area contributed by atoms with E-state index in [1.807, 2.05) is 59.5 Å². The molecule has 0 radical (unpaired) electrons. The van der Waals surface area contributed by atoms with E-state index in [9.17, 15) is 9.90 Å². The molecule has 3 aromatic rings. The molecule has 2 heterocycles. The zero-order valence-corrected chi connectivity index (χ0v) is 20.1. The number of β-amino-alcohol motifs (C(OH)–C–C–N with tert-alkyl or cyclic N) is 1. The number of hydrogen-bond acceptors (Lipinski definition) is 5. The van der Waals surface area contributed by atoms with Crippen molar-refractivity contribution in [3.05, 3.63) is 90.0 Å². The van der Waals surface area contributed by atoms with Crippen LogP contribution in [0.25, 0.3) is 0 Å². The summed E-state index contributed by atoms with van der Waals surface area (Å²) >= 11 is 0. The summed E-state index contributed by atoms with van der Waals surface area (Å²) in [6.07, 6.45) is 0.557. The summed E-state index contributed by atoms with van der Waals surface area (Å²) in [5, 5.41) is 10.7. The van der Waals surface area contributed by atoms with Crippen molar-refractivity contribution in [3.63, 3.8) is 0 Å². The number of amides is 1. The van der Waals surface area contributed by atoms with Crippen molar-refractivity contribution in [1.82, 2.24) is 4.90 Å². The van der Waals surface area contributed by atoms with Gasteiger partial charge in [-0.25, -0.2) is 0 Å². The van der Waals surface area contributed by atoms with E-state index in [2.05, 4.69) is 34.1 Å². The Morgan fingerprint density at radius 1 is 0.829 bits per heavy atom. The number of benzene rings is 3. The molecule has 5 rings (SSSR count). The summed E-state index contributed by atoms with van der Waals surface area (Å²) in [5.74, 6) is 0.897. The van der Waals surface area contributed by atoms with Gasteiger partial charge in [0.25, 0.3) is 0 Å². The number of hydrogen-bond donors (Lipinski definition) is 1. The Kier molecular flexibility index (Phi) is 7.31. The van der Waals surface area contributed by atoms with E-state index in [0.29, 0.717) is 25.9 Å². The lowest BCUT2D eigenvalue weighted by Gasteiger charge is -2.37. The van der Waals surface area contributed by atoms with E-state index < -0.39 is 6.10 Å². The number of carbonyl (C=O) groups is 1. The molecular weight excluding hydrogens is 438 g/mol. The highest BCUT2D eigenvalue weighted by Gasteiger charge is 2.27. The van der Waals surface area contributed by atoms with Crippen molar-refractivity contribution in [2.24, 2.45) is 0 Å². The minimum atomic E-state index is -0.570. The maximum atomic E-state index is 12.7. The van der Waals surface area contributed by atoms with Gasteiger partial charge in [-0.1, -0.05) is 54.6 Å². The minimum absolute atomic E-state index is 0.133. The number of ether oxygens (including phenoxy) is 1. The van der Waals surface area contributed by atoms with E-state index in [1.54, 1.807) is 0 Å². The minimum Gasteiger partial charge on any atom is -0.490 e. The molecule has 35 heavy (non-hydrogen) atoms. The van der Waals surface area contributed by atoms with E-state index in [1.165, 1.54) is 5.69 Å². The first-order valence-electron chi connectivity index (χ1n) is 12.5. The fraction of sp³-hybridized carbons (Fsp3) is 0.345. The highest BCUT2D eigenvalue weighted by Crippen LogP contribution is 2.35. The maximum absolute atomic E-state index is 12.7. The number of aliphatic hydroxyl groups is 1. The molecule has 1 atom stereocenters. The topological polar surface area (TPSA) is 56.3 Å². The Bertz CT molecular complexity index is 1110. The molecule has 1 N–H and O–H groups in total. The van der Waals surface area contributed by atoms with Crippen molar-refractivity contribution >= 4 is 17.3 Å². The standard InChI is InChI=1S/C29H33N3O3/c33-25(21-30-16-18-31(19-17-30)24-10-5-2-6-11-24)22-35-28-13-7-12-27-26(28)14-15-29(34)32(27)20-23-8-3-1-4-9-23/h1-13,25,33H,14-22H2. The molecule has 6 nitrogen and oxygen atoms in total. The van der Waals surface area contributed by atoms with Crippen LogP contribution in [-0.4, -0.2) is 61.3 Å². The monoisotopic (exact) mass is 471 g/mol. The molecule has 6 heteroatoms. The van der Waals surface area contributed by atoms with Crippen molar-refractivity contribution in [2.45, 2.75) is 25.5 Å². The highest BCUT2D eigenvalue weighted by atomic mass is 16.5. The predicted molar refractivity (Wildman–Crippen MR) is 139 cm³/mol. The van der Waals surface area contributed by atoms with Crippen LogP contribution in [0.5, 0.6) is 5.75 Å². The van der Waals surface area contributed by atoms with Crippen LogP contribution in [-0.2, 0) is 17.8 Å². The number of aliphatic hydroxyl groups excluding tert-OH is 1. The fourth-order valence-corrected chi connectivity index (χ4v) is 5.00. The molecule has 1 amide bonds. The van der Waals surface area contributed by atoms with Gasteiger partial charge >= 0.3 is 0 Å². The first kappa shape index (κ1) is 23.4. The second-order valence-corrected chi connectivity index (χ2v) is 9.31. The van der Waals surface area contributed by atoms with Crippen LogP contribution in [0.3, 0.4) is 0 Å². The van der Waals surface area contributed by atoms with Gasteiger partial charge in [-0.15, -0.1) is 0 Å². The van der Waals surface area contributed by atoms with Crippen LogP contribution in [0.4, 0.5) is 11.4 Å². The first-order valence-corrected chi connectivity index (χ1v) is 12.5. The Morgan fingerprint density at radius 2 is 1.54 bits per heavy atom. The highest BCUT2D eigenvalue weighted by molar-refractivity contribution is 5.96. The summed E-state index contributed by atoms with van der Waals surface area (Å²) in [6, 6.07) is 26.4. The zero-order chi connectivity index (χ0) is 24.0. The largest absolute Gasteiger partial charge is 0.490 e. The quantitative estimate of drug-likeness (QED) is 0.543. The summed E-state index contributed by atoms with van der Waals surface area (Å²) < 4.78 is 6.11. The van der Waals surface area contributed by atoms with Gasteiger partial charge in [0.15, 0.2) is 0 Å². The van der Waals surface area contributed by atoms with Gasteiger partial charge in [-0.05, 0) is 36.2 Å². The second-order valence-electron chi connectivity index (χ2n) is 9.31. The maximum Gasteiger partial charge on any atom is 0.227 e. The molecule has 0 bridgehead atoms. The number of rotatable bonds is 8. The molecule has 0 saturated carbocycles. The fourth-order valence-electron chi connectivity index (χ4n) is 5.00. The Hall–Kier alpha value is -3.35. The van der Waals surface area contributed by atoms with Crippen LogP contribution in [0, 0.1) is 0 Å². The molecule has 1 saturated heterocycles. The number of fused-ring (bicyclic) bond motifs is 1. The van der Waals surface area contributed by atoms with Gasteiger partial charge in [0.05, 0.1) is 12.2 Å². The van der Waals surface area contributed by atoms with Crippen molar-refractivity contribution < 1.29 is 14.6 Å². The van der Waals surface area contributed by atoms with Crippen molar-refractivity contribution in [3.8, 4) is 5.75 Å². The van der Waals surface area contributed by atoms with E-state index in [4.69, 9.17) is 4.74 Å². The van der Waals surface area contributed by atoms with Crippen LogP contribution in [0.2, 0.25) is 0 Å². The predicted octanol–water partition coefficient (Wildman–Crippen LogP) is 3.73. The lowest BCUT2D eigenvalue weighted by molar-refractivity contribution is -0.119. The van der Waals surface area contributed by atoms with Gasteiger partial charge in [-0.3, -0.25) is 9.69 Å². The Balaban J connectivity index is 1.17. The van der Waals surface area contributed by atoms with Gasteiger partial charge in [-0.2, -0.15) is 0 Å². The molecule has 182 valence electrons. The third-order valence-electron chi connectivity index (χ3n) is 6.87. The van der Waals surface area contributed by atoms with Crippen LogP contribution in [0.15, 0.2) is 78.9 Å². The molecule has 0 aromatic heterocycles. The summed E-state index contributed by atoms with van der Waals surface area (Å²) in [6.45, 7) is 5.13. The average Bonchev–Trinajstić information content (AvgIpc) is 2.90. The number of carbonyl (C=O) groups excluding carboxylic acids is 1. The third-order valence-corrected chi connectivity index (χ3v) is 6.87. The molecule has 2 aliphatic heterocycles.